The van der Waals surface area contributed by atoms with Gasteiger partial charge in [-0.05, 0) is 45.1 Å². The minimum atomic E-state index is -0.182. The van der Waals surface area contributed by atoms with Crippen LogP contribution in [0, 0.1) is 0 Å². The molecule has 2 heterocycles. The van der Waals surface area contributed by atoms with Gasteiger partial charge in [-0.15, -0.1) is 21.5 Å². The van der Waals surface area contributed by atoms with Gasteiger partial charge < -0.3 is 10.3 Å². The molecule has 6 nitrogen and oxygen atoms in total. The van der Waals surface area contributed by atoms with Gasteiger partial charge in [0.1, 0.15) is 0 Å². The summed E-state index contributed by atoms with van der Waals surface area (Å²) in [6, 6.07) is 5.18. The number of hydrogen-bond donors (Lipinski definition) is 2. The van der Waals surface area contributed by atoms with Gasteiger partial charge in [0.2, 0.25) is 0 Å². The van der Waals surface area contributed by atoms with E-state index in [4.69, 9.17) is 5.84 Å². The maximum absolute atomic E-state index is 12.1. The molecule has 100 valence electrons. The van der Waals surface area contributed by atoms with E-state index in [0.717, 1.165) is 9.35 Å². The number of carbonyl (C=O) groups excluding carboxylic acids is 1. The Balaban J connectivity index is 2.05. The molecule has 0 atom stereocenters. The Labute approximate surface area is 122 Å². The number of hydrogen-bond acceptors (Lipinski definition) is 6. The normalized spacial score (nSPS) is 10.3. The quantitative estimate of drug-likeness (QED) is 0.654. The monoisotopic (exact) mass is 341 g/mol. The second kappa shape index (κ2) is 6.09. The molecule has 2 aromatic rings. The van der Waals surface area contributed by atoms with Crippen LogP contribution in [-0.2, 0) is 6.54 Å². The lowest BCUT2D eigenvalue weighted by Gasteiger charge is -2.15. The molecule has 2 rings (SSSR count). The van der Waals surface area contributed by atoms with E-state index in [2.05, 4.69) is 31.6 Å². The maximum Gasteiger partial charge on any atom is 0.274 e. The lowest BCUT2D eigenvalue weighted by atomic mass is 10.3. The molecule has 0 aliphatic heterocycles. The first kappa shape index (κ1) is 13.9. The highest BCUT2D eigenvalue weighted by atomic mass is 79.9. The first-order valence-electron chi connectivity index (χ1n) is 5.39. The van der Waals surface area contributed by atoms with Gasteiger partial charge in [0.05, 0.1) is 3.79 Å². The third-order valence-electron chi connectivity index (χ3n) is 2.42. The first-order valence-corrected chi connectivity index (χ1v) is 7.06. The van der Waals surface area contributed by atoms with E-state index in [9.17, 15) is 4.79 Å². The second-order valence-electron chi connectivity index (χ2n) is 3.87. The van der Waals surface area contributed by atoms with E-state index in [-0.39, 0.29) is 11.6 Å². The van der Waals surface area contributed by atoms with Crippen LogP contribution in [-0.4, -0.2) is 28.1 Å². The molecule has 0 aliphatic carbocycles. The van der Waals surface area contributed by atoms with Gasteiger partial charge in [0.25, 0.3) is 5.91 Å². The number of halogens is 1. The number of anilines is 1. The van der Waals surface area contributed by atoms with Crippen LogP contribution in [0.4, 0.5) is 5.82 Å². The van der Waals surface area contributed by atoms with Crippen molar-refractivity contribution in [2.24, 2.45) is 5.84 Å². The molecule has 8 heteroatoms. The summed E-state index contributed by atoms with van der Waals surface area (Å²) in [7, 11) is 1.73. The summed E-state index contributed by atoms with van der Waals surface area (Å²) in [6.07, 6.45) is 0. The zero-order chi connectivity index (χ0) is 13.8. The number of thiophene rings is 1. The standard InChI is InChI=1S/C11H12BrN5OS/c1-17(5-7-4-9(12)19-6-7)11(18)8-2-3-10(14-13)16-15-8/h2-4,6H,5,13H2,1H3,(H,14,16). The van der Waals surface area contributed by atoms with Crippen LogP contribution in [0.15, 0.2) is 27.4 Å². The van der Waals surface area contributed by atoms with E-state index < -0.39 is 0 Å². The van der Waals surface area contributed by atoms with E-state index in [0.29, 0.717) is 12.4 Å². The van der Waals surface area contributed by atoms with Crippen molar-refractivity contribution in [3.8, 4) is 0 Å². The van der Waals surface area contributed by atoms with Crippen molar-refractivity contribution in [2.45, 2.75) is 6.54 Å². The number of nitrogens with one attached hydrogen (secondary N) is 1. The number of aromatic nitrogens is 2. The predicted molar refractivity (Wildman–Crippen MR) is 77.7 cm³/mol. The largest absolute Gasteiger partial charge is 0.336 e. The summed E-state index contributed by atoms with van der Waals surface area (Å²) >= 11 is 4.98. The molecule has 0 aliphatic rings. The Morgan fingerprint density at radius 3 is 2.84 bits per heavy atom. The molecule has 3 N–H and O–H groups in total. The molecule has 0 unspecified atom stereocenters. The van der Waals surface area contributed by atoms with Crippen LogP contribution in [0.1, 0.15) is 16.1 Å². The average molecular weight is 342 g/mol. The Bertz CT molecular complexity index is 571. The van der Waals surface area contributed by atoms with Crippen LogP contribution in [0.25, 0.3) is 0 Å². The number of rotatable bonds is 4. The Morgan fingerprint density at radius 2 is 2.32 bits per heavy atom. The molecule has 0 bridgehead atoms. The molecule has 19 heavy (non-hydrogen) atoms. The Kier molecular flexibility index (Phi) is 4.46. The second-order valence-corrected chi connectivity index (χ2v) is 6.16. The summed E-state index contributed by atoms with van der Waals surface area (Å²) in [5.74, 6) is 5.42. The molecule has 0 saturated carbocycles. The van der Waals surface area contributed by atoms with Gasteiger partial charge in [0, 0.05) is 13.6 Å². The lowest BCUT2D eigenvalue weighted by Crippen LogP contribution is -2.27. The first-order chi connectivity index (χ1) is 9.10. The van der Waals surface area contributed by atoms with Crippen LogP contribution in [0.5, 0.6) is 0 Å². The molecule has 1 amide bonds. The van der Waals surface area contributed by atoms with Gasteiger partial charge in [-0.1, -0.05) is 0 Å². The molecule has 0 fully saturated rings. The fourth-order valence-corrected chi connectivity index (χ4v) is 2.69. The van der Waals surface area contributed by atoms with Gasteiger partial charge in [-0.25, -0.2) is 5.84 Å². The zero-order valence-corrected chi connectivity index (χ0v) is 12.5. The van der Waals surface area contributed by atoms with Crippen molar-refractivity contribution < 1.29 is 4.79 Å². The summed E-state index contributed by atoms with van der Waals surface area (Å²) in [5, 5.41) is 9.60. The Morgan fingerprint density at radius 1 is 1.53 bits per heavy atom. The Hall–Kier alpha value is -1.51. The molecule has 0 spiro atoms. The highest BCUT2D eigenvalue weighted by Crippen LogP contribution is 2.21. The highest BCUT2D eigenvalue weighted by molar-refractivity contribution is 9.11. The fraction of sp³-hybridized carbons (Fsp3) is 0.182. The number of nitrogens with two attached hydrogens (primary N) is 1. The number of nitrogen functional groups attached to an aromatic ring is 1. The molecular formula is C11H12BrN5OS. The SMILES string of the molecule is CN(Cc1csc(Br)c1)C(=O)c1ccc(NN)nn1. The van der Waals surface area contributed by atoms with E-state index >= 15 is 0 Å². The van der Waals surface area contributed by atoms with Crippen LogP contribution in [0.2, 0.25) is 0 Å². The van der Waals surface area contributed by atoms with Crippen molar-refractivity contribution in [3.05, 3.63) is 38.6 Å². The minimum Gasteiger partial charge on any atom is -0.336 e. The number of carbonyl (C=O) groups is 1. The predicted octanol–water partition coefficient (Wildman–Crippen LogP) is 1.86. The van der Waals surface area contributed by atoms with Gasteiger partial charge in [0.15, 0.2) is 11.5 Å². The third-order valence-corrected chi connectivity index (χ3v) is 3.97. The summed E-state index contributed by atoms with van der Waals surface area (Å²) in [5.41, 5.74) is 3.72. The number of amides is 1. The highest BCUT2D eigenvalue weighted by Gasteiger charge is 2.14. The topological polar surface area (TPSA) is 84.1 Å². The van der Waals surface area contributed by atoms with Gasteiger partial charge >= 0.3 is 0 Å². The smallest absolute Gasteiger partial charge is 0.274 e. The molecular weight excluding hydrogens is 330 g/mol. The van der Waals surface area contributed by atoms with Crippen LogP contribution < -0.4 is 11.3 Å². The van der Waals surface area contributed by atoms with Crippen molar-refractivity contribution >= 4 is 39.0 Å². The third kappa shape index (κ3) is 3.49. The van der Waals surface area contributed by atoms with E-state index in [1.54, 1.807) is 35.4 Å². The van der Waals surface area contributed by atoms with Crippen molar-refractivity contribution in [1.29, 1.82) is 0 Å². The number of hydrazine groups is 1. The molecule has 2 aromatic heterocycles. The van der Waals surface area contributed by atoms with Crippen LogP contribution >= 0.6 is 27.3 Å². The summed E-state index contributed by atoms with van der Waals surface area (Å²) in [6.45, 7) is 0.527. The maximum atomic E-state index is 12.1. The minimum absolute atomic E-state index is 0.182. The zero-order valence-electron chi connectivity index (χ0n) is 10.1. The van der Waals surface area contributed by atoms with Gasteiger partial charge in [-0.2, -0.15) is 0 Å². The lowest BCUT2D eigenvalue weighted by molar-refractivity contribution is 0.0778. The van der Waals surface area contributed by atoms with Crippen LogP contribution in [0.3, 0.4) is 0 Å². The van der Waals surface area contributed by atoms with E-state index in [1.807, 2.05) is 11.4 Å². The fourth-order valence-electron chi connectivity index (χ4n) is 1.49. The summed E-state index contributed by atoms with van der Waals surface area (Å²) < 4.78 is 1.04. The van der Waals surface area contributed by atoms with Gasteiger partial charge in [-0.3, -0.25) is 4.79 Å². The van der Waals surface area contributed by atoms with Crippen molar-refractivity contribution in [2.75, 3.05) is 12.5 Å². The average Bonchev–Trinajstić information content (AvgIpc) is 2.83. The molecule has 0 saturated heterocycles. The molecule has 0 radical (unpaired) electrons. The molecule has 0 aromatic carbocycles. The van der Waals surface area contributed by atoms with Crippen molar-refractivity contribution in [1.82, 2.24) is 15.1 Å². The number of nitrogens with zero attached hydrogens (tertiary/aromatic N) is 3. The van der Waals surface area contributed by atoms with Crippen molar-refractivity contribution in [3.63, 3.8) is 0 Å². The summed E-state index contributed by atoms with van der Waals surface area (Å²) in [4.78, 5) is 13.7. The van der Waals surface area contributed by atoms with E-state index in [1.165, 1.54) is 0 Å².